The van der Waals surface area contributed by atoms with Gasteiger partial charge in [0.25, 0.3) is 5.91 Å². The largest absolute Gasteiger partial charge is 0.382 e. The van der Waals surface area contributed by atoms with Gasteiger partial charge in [-0.3, -0.25) is 9.59 Å². The van der Waals surface area contributed by atoms with Crippen LogP contribution in [0.25, 0.3) is 5.69 Å². The summed E-state index contributed by atoms with van der Waals surface area (Å²) in [4.78, 5) is 25.2. The van der Waals surface area contributed by atoms with E-state index in [2.05, 4.69) is 23.7 Å². The van der Waals surface area contributed by atoms with Crippen molar-refractivity contribution in [2.24, 2.45) is 11.1 Å². The van der Waals surface area contributed by atoms with Crippen LogP contribution in [0.5, 0.6) is 0 Å². The van der Waals surface area contributed by atoms with Gasteiger partial charge in [0, 0.05) is 40.7 Å². The van der Waals surface area contributed by atoms with E-state index in [-0.39, 0.29) is 11.2 Å². The Morgan fingerprint density at radius 3 is 2.65 bits per heavy atom. The van der Waals surface area contributed by atoms with Crippen LogP contribution >= 0.6 is 0 Å². The van der Waals surface area contributed by atoms with Gasteiger partial charge in [-0.1, -0.05) is 33.1 Å². The van der Waals surface area contributed by atoms with Gasteiger partial charge in [-0.25, -0.2) is 0 Å². The number of Topliss-reactive ketones (excluding diaryl/α,β-unsaturated/α-hetero) is 1. The molecule has 0 bridgehead atoms. The van der Waals surface area contributed by atoms with E-state index in [1.54, 1.807) is 0 Å². The summed E-state index contributed by atoms with van der Waals surface area (Å²) in [5.74, 6) is -0.217. The minimum atomic E-state index is -0.427. The molecule has 1 aromatic heterocycles. The molecule has 0 spiro atoms. The maximum Gasteiger partial charge on any atom is 0.250 e. The van der Waals surface area contributed by atoms with Crippen LogP contribution in [0.3, 0.4) is 0 Å². The first-order valence-corrected chi connectivity index (χ1v) is 11.4. The fraction of sp³-hybridized carbons (Fsp3) is 0.520. The highest BCUT2D eigenvalue weighted by Gasteiger charge is 2.39. The Morgan fingerprint density at radius 2 is 1.90 bits per heavy atom. The number of carbonyl (C=O) groups excluding carboxylic acids is 2. The fourth-order valence-corrected chi connectivity index (χ4v) is 5.60. The number of ketones is 1. The van der Waals surface area contributed by atoms with Crippen molar-refractivity contribution < 1.29 is 14.3 Å². The number of nitrogens with zero attached hydrogens (tertiary/aromatic N) is 1. The minimum Gasteiger partial charge on any atom is -0.382 e. The highest BCUT2D eigenvalue weighted by Crippen LogP contribution is 2.42. The molecule has 6 heteroatoms. The number of nitrogens with two attached hydrogens (primary N) is 1. The van der Waals surface area contributed by atoms with Crippen molar-refractivity contribution in [2.75, 3.05) is 5.32 Å². The van der Waals surface area contributed by atoms with Crippen molar-refractivity contribution in [2.45, 2.75) is 78.0 Å². The van der Waals surface area contributed by atoms with Gasteiger partial charge < -0.3 is 20.4 Å². The van der Waals surface area contributed by atoms with Crippen LogP contribution in [0.15, 0.2) is 18.2 Å². The fourth-order valence-electron chi connectivity index (χ4n) is 5.60. The summed E-state index contributed by atoms with van der Waals surface area (Å²) in [6.45, 7) is 5.29. The van der Waals surface area contributed by atoms with Gasteiger partial charge in [0.2, 0.25) is 0 Å². The van der Waals surface area contributed by atoms with E-state index < -0.39 is 5.91 Å². The molecule has 1 fully saturated rings. The van der Waals surface area contributed by atoms with Crippen molar-refractivity contribution in [1.82, 2.24) is 4.57 Å². The average Bonchev–Trinajstić information content (AvgIpc) is 3.27. The number of primary amides is 1. The second-order valence-corrected chi connectivity index (χ2v) is 10.1. The summed E-state index contributed by atoms with van der Waals surface area (Å²) in [7, 11) is 0. The minimum absolute atomic E-state index is 0.0783. The molecule has 0 saturated heterocycles. The highest BCUT2D eigenvalue weighted by atomic mass is 16.5. The third kappa shape index (κ3) is 3.57. The van der Waals surface area contributed by atoms with Crippen LogP contribution in [-0.4, -0.2) is 22.3 Å². The lowest BCUT2D eigenvalue weighted by Crippen LogP contribution is -2.28. The van der Waals surface area contributed by atoms with Gasteiger partial charge in [-0.2, -0.15) is 0 Å². The molecule has 0 radical (unpaired) electrons. The van der Waals surface area contributed by atoms with E-state index >= 15 is 0 Å². The number of anilines is 1. The van der Waals surface area contributed by atoms with Crippen LogP contribution < -0.4 is 11.1 Å². The van der Waals surface area contributed by atoms with Crippen molar-refractivity contribution in [3.05, 3.63) is 46.3 Å². The number of carbonyl (C=O) groups is 2. The molecule has 1 aliphatic heterocycles. The zero-order valence-corrected chi connectivity index (χ0v) is 18.4. The van der Waals surface area contributed by atoms with E-state index in [0.717, 1.165) is 53.2 Å². The molecule has 5 rings (SSSR count). The van der Waals surface area contributed by atoms with Gasteiger partial charge in [-0.05, 0) is 42.9 Å². The predicted molar refractivity (Wildman–Crippen MR) is 120 cm³/mol. The first-order valence-electron chi connectivity index (χ1n) is 11.4. The molecule has 6 nitrogen and oxygen atoms in total. The van der Waals surface area contributed by atoms with Crippen molar-refractivity contribution in [1.29, 1.82) is 0 Å². The van der Waals surface area contributed by atoms with Crippen molar-refractivity contribution in [3.8, 4) is 5.69 Å². The summed E-state index contributed by atoms with van der Waals surface area (Å²) in [5, 5.41) is 3.59. The molecule has 1 amide bonds. The zero-order valence-electron chi connectivity index (χ0n) is 18.4. The SMILES string of the molecule is CC1(C)CC(=O)c2c3c(n(-c4ccc(C(N)=O)c(NC5CCCCC5)c4)c2C1)COC3. The van der Waals surface area contributed by atoms with Gasteiger partial charge in [-0.15, -0.1) is 0 Å². The van der Waals surface area contributed by atoms with Crippen LogP contribution in [0, 0.1) is 5.41 Å². The standard InChI is InChI=1S/C25H31N3O3/c1-25(2)11-20-23(22(29)12-25)18-13-31-14-21(18)28(20)16-8-9-17(24(26)30)19(10-16)27-15-6-4-3-5-7-15/h8-10,15,27H,3-7,11-14H2,1-2H3,(H2,26,30). The Bertz CT molecular complexity index is 1060. The second-order valence-electron chi connectivity index (χ2n) is 10.1. The summed E-state index contributed by atoms with van der Waals surface area (Å²) >= 11 is 0. The smallest absolute Gasteiger partial charge is 0.250 e. The lowest BCUT2D eigenvalue weighted by Gasteiger charge is -2.30. The Labute approximate surface area is 183 Å². The molecule has 0 atom stereocenters. The molecule has 31 heavy (non-hydrogen) atoms. The van der Waals surface area contributed by atoms with Gasteiger partial charge >= 0.3 is 0 Å². The first-order chi connectivity index (χ1) is 14.8. The summed E-state index contributed by atoms with van der Waals surface area (Å²) in [6.07, 6.45) is 7.29. The number of hydrogen-bond donors (Lipinski definition) is 2. The second kappa shape index (κ2) is 7.52. The molecule has 2 aromatic rings. The van der Waals surface area contributed by atoms with Gasteiger partial charge in [0.05, 0.1) is 24.5 Å². The molecule has 0 unspecified atom stereocenters. The lowest BCUT2D eigenvalue weighted by molar-refractivity contribution is 0.0900. The molecule has 3 N–H and O–H groups in total. The average molecular weight is 422 g/mol. The Balaban J connectivity index is 1.62. The number of aromatic nitrogens is 1. The van der Waals surface area contributed by atoms with Crippen LogP contribution in [0.4, 0.5) is 5.69 Å². The predicted octanol–water partition coefficient (Wildman–Crippen LogP) is 4.51. The summed E-state index contributed by atoms with van der Waals surface area (Å²) in [5.41, 5.74) is 11.9. The number of hydrogen-bond acceptors (Lipinski definition) is 4. The molecular formula is C25H31N3O3. The maximum atomic E-state index is 13.0. The number of benzene rings is 1. The normalized spacial score (nSPS) is 20.4. The highest BCUT2D eigenvalue weighted by molar-refractivity contribution is 6.01. The first kappa shape index (κ1) is 20.3. The molecular weight excluding hydrogens is 390 g/mol. The number of nitrogens with one attached hydrogen (secondary N) is 1. The molecule has 1 aromatic carbocycles. The van der Waals surface area contributed by atoms with Crippen LogP contribution in [0.2, 0.25) is 0 Å². The molecule has 2 heterocycles. The van der Waals surface area contributed by atoms with Crippen molar-refractivity contribution in [3.63, 3.8) is 0 Å². The molecule has 1 saturated carbocycles. The van der Waals surface area contributed by atoms with E-state index in [4.69, 9.17) is 10.5 Å². The third-order valence-corrected chi connectivity index (χ3v) is 7.02. The molecule has 2 aliphatic carbocycles. The number of fused-ring (bicyclic) bond motifs is 3. The lowest BCUT2D eigenvalue weighted by atomic mass is 9.75. The van der Waals surface area contributed by atoms with Crippen LogP contribution in [0.1, 0.15) is 90.0 Å². The quantitative estimate of drug-likeness (QED) is 0.761. The summed E-state index contributed by atoms with van der Waals surface area (Å²) < 4.78 is 7.94. The van der Waals surface area contributed by atoms with Crippen molar-refractivity contribution >= 4 is 17.4 Å². The number of rotatable bonds is 4. The van der Waals surface area contributed by atoms with E-state index in [1.807, 2.05) is 18.2 Å². The number of ether oxygens (including phenoxy) is 1. The maximum absolute atomic E-state index is 13.0. The van der Waals surface area contributed by atoms with E-state index in [9.17, 15) is 9.59 Å². The van der Waals surface area contributed by atoms with Gasteiger partial charge in [0.1, 0.15) is 0 Å². The van der Waals surface area contributed by atoms with E-state index in [0.29, 0.717) is 31.2 Å². The Morgan fingerprint density at radius 1 is 1.13 bits per heavy atom. The number of amides is 1. The van der Waals surface area contributed by atoms with Crippen LogP contribution in [-0.2, 0) is 24.4 Å². The zero-order chi connectivity index (χ0) is 21.8. The third-order valence-electron chi connectivity index (χ3n) is 7.02. The monoisotopic (exact) mass is 421 g/mol. The van der Waals surface area contributed by atoms with E-state index in [1.165, 1.54) is 19.3 Å². The Hall–Kier alpha value is -2.60. The van der Waals surface area contributed by atoms with Gasteiger partial charge in [0.15, 0.2) is 5.78 Å². The topological polar surface area (TPSA) is 86.4 Å². The summed E-state index contributed by atoms with van der Waals surface area (Å²) in [6, 6.07) is 6.14. The molecule has 3 aliphatic rings. The molecule has 164 valence electrons. The Kier molecular flexibility index (Phi) is 4.93.